The summed E-state index contributed by atoms with van der Waals surface area (Å²) >= 11 is 0. The number of anilines is 3. The minimum absolute atomic E-state index is 0.529. The van der Waals surface area contributed by atoms with Crippen LogP contribution in [0, 0.1) is 6.92 Å². The highest BCUT2D eigenvalue weighted by atomic mass is 16.3. The molecule has 0 saturated carbocycles. The van der Waals surface area contributed by atoms with Crippen molar-refractivity contribution in [3.05, 3.63) is 222 Å². The monoisotopic (exact) mass is 737 g/mol. The first-order valence-electron chi connectivity index (χ1n) is 20.2. The van der Waals surface area contributed by atoms with Crippen LogP contribution in [0.25, 0.3) is 76.5 Å². The van der Waals surface area contributed by atoms with Gasteiger partial charge in [-0.25, -0.2) is 0 Å². The predicted octanol–water partition coefficient (Wildman–Crippen LogP) is 15.2. The Kier molecular flexibility index (Phi) is 6.33. The van der Waals surface area contributed by atoms with E-state index in [9.17, 15) is 0 Å². The molecule has 2 heteroatoms. The third-order valence-electron chi connectivity index (χ3n) is 13.1. The Hall–Kier alpha value is -7.42. The lowest BCUT2D eigenvalue weighted by Crippen LogP contribution is -2.26. The van der Waals surface area contributed by atoms with Crippen LogP contribution in [0.15, 0.2) is 199 Å². The summed E-state index contributed by atoms with van der Waals surface area (Å²) in [4.78, 5) is 2.39. The van der Waals surface area contributed by atoms with Gasteiger partial charge in [-0.15, -0.1) is 0 Å². The lowest BCUT2D eigenvalue weighted by Gasteiger charge is -2.32. The molecule has 0 bridgehead atoms. The Bertz CT molecular complexity index is 3490. The summed E-state index contributed by atoms with van der Waals surface area (Å²) in [6, 6.07) is 72.1. The van der Waals surface area contributed by atoms with E-state index in [0.717, 1.165) is 39.0 Å². The number of benzene rings is 10. The van der Waals surface area contributed by atoms with E-state index >= 15 is 0 Å². The van der Waals surface area contributed by atoms with E-state index in [1.54, 1.807) is 0 Å². The van der Waals surface area contributed by atoms with E-state index < -0.39 is 5.41 Å². The highest BCUT2D eigenvalue weighted by Crippen LogP contribution is 2.64. The van der Waals surface area contributed by atoms with Gasteiger partial charge < -0.3 is 9.32 Å². The molecule has 0 atom stereocenters. The average molecular weight is 738 g/mol. The fourth-order valence-corrected chi connectivity index (χ4v) is 10.7. The normalized spacial score (nSPS) is 13.4. The van der Waals surface area contributed by atoms with Gasteiger partial charge in [0.15, 0.2) is 5.58 Å². The molecular weight excluding hydrogens is 703 g/mol. The smallest absolute Gasteiger partial charge is 0.159 e. The molecule has 0 saturated heterocycles. The van der Waals surface area contributed by atoms with Gasteiger partial charge in [0.2, 0.25) is 0 Å². The summed E-state index contributed by atoms with van der Waals surface area (Å²) in [5, 5.41) is 9.97. The number of hydrogen-bond acceptors (Lipinski definition) is 2. The second-order valence-electron chi connectivity index (χ2n) is 16.0. The molecule has 0 radical (unpaired) electrons. The highest BCUT2D eigenvalue weighted by Gasteiger charge is 2.52. The van der Waals surface area contributed by atoms with Gasteiger partial charge in [0, 0.05) is 22.1 Å². The van der Waals surface area contributed by atoms with Crippen molar-refractivity contribution in [3.8, 4) is 22.3 Å². The van der Waals surface area contributed by atoms with Gasteiger partial charge in [-0.3, -0.25) is 0 Å². The molecule has 1 heterocycles. The molecule has 0 N–H and O–H groups in total. The number of nitrogens with zero attached hydrogens (tertiary/aromatic N) is 1. The van der Waals surface area contributed by atoms with Crippen molar-refractivity contribution >= 4 is 71.3 Å². The Labute approximate surface area is 335 Å². The Balaban J connectivity index is 1.16. The van der Waals surface area contributed by atoms with Crippen molar-refractivity contribution in [1.82, 2.24) is 0 Å². The van der Waals surface area contributed by atoms with Crippen molar-refractivity contribution < 1.29 is 4.42 Å². The maximum Gasteiger partial charge on any atom is 0.159 e. The predicted molar refractivity (Wildman–Crippen MR) is 242 cm³/mol. The summed E-state index contributed by atoms with van der Waals surface area (Å²) in [6.45, 7) is 2.15. The molecule has 58 heavy (non-hydrogen) atoms. The number of hydrogen-bond donors (Lipinski definition) is 0. The van der Waals surface area contributed by atoms with Gasteiger partial charge in [-0.1, -0.05) is 151 Å². The fourth-order valence-electron chi connectivity index (χ4n) is 10.7. The van der Waals surface area contributed by atoms with Crippen LogP contribution < -0.4 is 4.90 Å². The summed E-state index contributed by atoms with van der Waals surface area (Å²) in [6.07, 6.45) is 0. The quantitative estimate of drug-likeness (QED) is 0.168. The number of para-hydroxylation sites is 2. The van der Waals surface area contributed by atoms with E-state index in [2.05, 4.69) is 200 Å². The van der Waals surface area contributed by atoms with E-state index in [-0.39, 0.29) is 0 Å². The highest BCUT2D eigenvalue weighted by molar-refractivity contribution is 6.26. The van der Waals surface area contributed by atoms with Gasteiger partial charge in [0.25, 0.3) is 0 Å². The van der Waals surface area contributed by atoms with Gasteiger partial charge in [-0.2, -0.15) is 0 Å². The van der Waals surface area contributed by atoms with Crippen LogP contribution in [0.3, 0.4) is 0 Å². The van der Waals surface area contributed by atoms with E-state index in [4.69, 9.17) is 4.42 Å². The second kappa shape index (κ2) is 11.6. The number of aryl methyl sites for hydroxylation is 1. The second-order valence-corrected chi connectivity index (χ2v) is 16.0. The molecule has 1 aromatic heterocycles. The van der Waals surface area contributed by atoms with Crippen molar-refractivity contribution in [3.63, 3.8) is 0 Å². The van der Waals surface area contributed by atoms with Crippen LogP contribution >= 0.6 is 0 Å². The first-order chi connectivity index (χ1) is 28.7. The summed E-state index contributed by atoms with van der Waals surface area (Å²) in [5.41, 5.74) is 16.1. The van der Waals surface area contributed by atoms with Crippen molar-refractivity contribution in [2.24, 2.45) is 0 Å². The van der Waals surface area contributed by atoms with Crippen molar-refractivity contribution in [2.75, 3.05) is 4.90 Å². The fraction of sp³-hybridized carbons (Fsp3) is 0.0357. The summed E-state index contributed by atoms with van der Waals surface area (Å²) < 4.78 is 6.73. The molecule has 0 fully saturated rings. The summed E-state index contributed by atoms with van der Waals surface area (Å²) in [5.74, 6) is 0. The average Bonchev–Trinajstić information content (AvgIpc) is 3.91. The Morgan fingerprint density at radius 3 is 1.57 bits per heavy atom. The SMILES string of the molecule is Cc1ccc(N(c2ccc3c(c2)C2(c4ccccc4-c4ccccc42)c2cc4c5ccccc5c5ccccc5c4cc2-3)c2cccc3c2oc2ccccc23)cc1. The zero-order valence-corrected chi connectivity index (χ0v) is 31.8. The maximum atomic E-state index is 6.73. The summed E-state index contributed by atoms with van der Waals surface area (Å²) in [7, 11) is 0. The van der Waals surface area contributed by atoms with Crippen molar-refractivity contribution in [1.29, 1.82) is 0 Å². The van der Waals surface area contributed by atoms with Crippen LogP contribution in [0.2, 0.25) is 0 Å². The van der Waals surface area contributed by atoms with Gasteiger partial charge in [0.1, 0.15) is 5.58 Å². The molecular formula is C56H35NO. The zero-order valence-electron chi connectivity index (χ0n) is 31.8. The largest absolute Gasteiger partial charge is 0.454 e. The van der Waals surface area contributed by atoms with Crippen LogP contribution in [0.5, 0.6) is 0 Å². The standard InChI is InChI=1S/C56H35NO/c1-34-25-27-35(28-26-34)57(53-23-12-20-45-44-19-8-11-24-54(44)58-55(45)53)36-29-30-43-48-32-46-39-15-4-2-13-37(39)38-14-3-5-16-40(38)47(46)33-52(48)56(51(43)31-36)49-21-9-6-17-41(49)42-18-7-10-22-50(42)56/h2-33H,1H3. The lowest BCUT2D eigenvalue weighted by atomic mass is 9.70. The molecule has 13 rings (SSSR count). The number of furan rings is 1. The Morgan fingerprint density at radius 1 is 0.362 bits per heavy atom. The van der Waals surface area contributed by atoms with Gasteiger partial charge in [0.05, 0.1) is 11.1 Å². The molecule has 270 valence electrons. The van der Waals surface area contributed by atoms with Gasteiger partial charge in [-0.05, 0) is 132 Å². The minimum Gasteiger partial charge on any atom is -0.454 e. The third-order valence-corrected chi connectivity index (χ3v) is 13.1. The molecule has 0 unspecified atom stereocenters. The molecule has 0 amide bonds. The van der Waals surface area contributed by atoms with Crippen LogP contribution in [0.1, 0.15) is 27.8 Å². The molecule has 2 nitrogen and oxygen atoms in total. The lowest BCUT2D eigenvalue weighted by molar-refractivity contribution is 0.669. The van der Waals surface area contributed by atoms with E-state index in [1.165, 1.54) is 82.4 Å². The molecule has 2 aliphatic carbocycles. The minimum atomic E-state index is -0.529. The first-order valence-corrected chi connectivity index (χ1v) is 20.2. The molecule has 2 aliphatic rings. The molecule has 0 aliphatic heterocycles. The van der Waals surface area contributed by atoms with Crippen LogP contribution in [-0.4, -0.2) is 0 Å². The zero-order chi connectivity index (χ0) is 38.1. The molecule has 10 aromatic carbocycles. The topological polar surface area (TPSA) is 16.4 Å². The third kappa shape index (κ3) is 4.06. The number of fused-ring (bicyclic) bond motifs is 19. The molecule has 1 spiro atoms. The maximum absolute atomic E-state index is 6.73. The number of rotatable bonds is 3. The van der Waals surface area contributed by atoms with Crippen molar-refractivity contribution in [2.45, 2.75) is 12.3 Å². The Morgan fingerprint density at radius 2 is 0.879 bits per heavy atom. The van der Waals surface area contributed by atoms with Crippen LogP contribution in [-0.2, 0) is 5.41 Å². The van der Waals surface area contributed by atoms with Gasteiger partial charge >= 0.3 is 0 Å². The van der Waals surface area contributed by atoms with Crippen LogP contribution in [0.4, 0.5) is 17.1 Å². The van der Waals surface area contributed by atoms with E-state index in [0.29, 0.717) is 0 Å². The first kappa shape index (κ1) is 31.7. The molecule has 11 aromatic rings. The van der Waals surface area contributed by atoms with E-state index in [1.807, 2.05) is 6.07 Å².